The van der Waals surface area contributed by atoms with Gasteiger partial charge in [0.1, 0.15) is 0 Å². The molecule has 0 radical (unpaired) electrons. The Morgan fingerprint density at radius 3 is 2.95 bits per heavy atom. The number of hydrogen-bond donors (Lipinski definition) is 1. The molecule has 0 bridgehead atoms. The second kappa shape index (κ2) is 5.12. The molecular formula is C14H23N3O2. The first-order valence-corrected chi connectivity index (χ1v) is 7.48. The molecule has 3 rings (SSSR count). The largest absolute Gasteiger partial charge is 0.339 e. The molecule has 3 aliphatic rings. The number of rotatable bonds is 1. The Morgan fingerprint density at radius 2 is 2.16 bits per heavy atom. The first-order valence-electron chi connectivity index (χ1n) is 7.48. The topological polar surface area (TPSA) is 52.7 Å². The van der Waals surface area contributed by atoms with Crippen LogP contribution in [0.4, 0.5) is 0 Å². The summed E-state index contributed by atoms with van der Waals surface area (Å²) in [5.74, 6) is 0.681. The van der Waals surface area contributed by atoms with Crippen molar-refractivity contribution in [3.05, 3.63) is 0 Å². The van der Waals surface area contributed by atoms with E-state index in [2.05, 4.69) is 12.2 Å². The second-order valence-electron chi connectivity index (χ2n) is 6.06. The highest BCUT2D eigenvalue weighted by Crippen LogP contribution is 2.25. The molecular weight excluding hydrogens is 242 g/mol. The zero-order valence-electron chi connectivity index (χ0n) is 11.6. The first-order chi connectivity index (χ1) is 9.16. The van der Waals surface area contributed by atoms with Crippen LogP contribution in [0.2, 0.25) is 0 Å². The minimum absolute atomic E-state index is 0.123. The smallest absolute Gasteiger partial charge is 0.227 e. The van der Waals surface area contributed by atoms with E-state index in [1.165, 1.54) is 0 Å². The third-order valence-electron chi connectivity index (χ3n) is 4.89. The van der Waals surface area contributed by atoms with Crippen molar-refractivity contribution in [3.63, 3.8) is 0 Å². The van der Waals surface area contributed by atoms with E-state index in [0.717, 1.165) is 38.9 Å². The number of fused-ring (bicyclic) bond motifs is 1. The van der Waals surface area contributed by atoms with Crippen molar-refractivity contribution >= 4 is 11.8 Å². The lowest BCUT2D eigenvalue weighted by atomic mass is 9.90. The average molecular weight is 265 g/mol. The van der Waals surface area contributed by atoms with Gasteiger partial charge in [0.25, 0.3) is 0 Å². The van der Waals surface area contributed by atoms with Gasteiger partial charge in [-0.15, -0.1) is 0 Å². The molecule has 1 N–H and O–H groups in total. The third-order valence-corrected chi connectivity index (χ3v) is 4.89. The molecule has 5 heteroatoms. The molecule has 106 valence electrons. The fourth-order valence-electron chi connectivity index (χ4n) is 3.68. The summed E-state index contributed by atoms with van der Waals surface area (Å²) >= 11 is 0. The van der Waals surface area contributed by atoms with Crippen molar-refractivity contribution in [2.24, 2.45) is 5.92 Å². The van der Waals surface area contributed by atoms with Crippen LogP contribution in [-0.2, 0) is 9.59 Å². The van der Waals surface area contributed by atoms with Gasteiger partial charge in [-0.05, 0) is 32.7 Å². The number of carbonyl (C=O) groups excluding carboxylic acids is 2. The highest BCUT2D eigenvalue weighted by atomic mass is 16.2. The zero-order chi connectivity index (χ0) is 13.4. The predicted molar refractivity (Wildman–Crippen MR) is 71.5 cm³/mol. The van der Waals surface area contributed by atoms with Crippen molar-refractivity contribution in [1.82, 2.24) is 15.1 Å². The van der Waals surface area contributed by atoms with Crippen LogP contribution in [0.1, 0.15) is 32.6 Å². The lowest BCUT2D eigenvalue weighted by Gasteiger charge is -2.40. The SMILES string of the molecule is CC1NCCCC1C(=O)N1CCN2C(=O)CCC2C1. The van der Waals surface area contributed by atoms with Crippen LogP contribution in [0, 0.1) is 5.92 Å². The van der Waals surface area contributed by atoms with Crippen molar-refractivity contribution in [1.29, 1.82) is 0 Å². The maximum absolute atomic E-state index is 12.6. The van der Waals surface area contributed by atoms with Gasteiger partial charge in [0.05, 0.1) is 5.92 Å². The standard InChI is InChI=1S/C14H23N3O2/c1-10-12(3-2-6-15-10)14(19)16-7-8-17-11(9-16)4-5-13(17)18/h10-12,15H,2-9H2,1H3. The number of hydrogen-bond acceptors (Lipinski definition) is 3. The number of nitrogens with one attached hydrogen (secondary N) is 1. The van der Waals surface area contributed by atoms with Crippen LogP contribution in [0.15, 0.2) is 0 Å². The van der Waals surface area contributed by atoms with Gasteiger partial charge in [-0.1, -0.05) is 0 Å². The Balaban J connectivity index is 1.63. The second-order valence-corrected chi connectivity index (χ2v) is 6.06. The van der Waals surface area contributed by atoms with E-state index in [9.17, 15) is 9.59 Å². The summed E-state index contributed by atoms with van der Waals surface area (Å²) in [7, 11) is 0. The zero-order valence-corrected chi connectivity index (χ0v) is 11.6. The molecule has 0 aromatic rings. The van der Waals surface area contributed by atoms with Gasteiger partial charge in [-0.25, -0.2) is 0 Å². The molecule has 3 fully saturated rings. The van der Waals surface area contributed by atoms with Crippen molar-refractivity contribution in [2.45, 2.75) is 44.7 Å². The summed E-state index contributed by atoms with van der Waals surface area (Å²) in [6.45, 7) is 5.31. The lowest BCUT2D eigenvalue weighted by Crippen LogP contribution is -2.56. The Kier molecular flexibility index (Phi) is 3.48. The Hall–Kier alpha value is -1.10. The van der Waals surface area contributed by atoms with E-state index in [1.807, 2.05) is 9.80 Å². The minimum Gasteiger partial charge on any atom is -0.339 e. The summed E-state index contributed by atoms with van der Waals surface area (Å²) in [5.41, 5.74) is 0. The highest BCUT2D eigenvalue weighted by Gasteiger charge is 2.39. The van der Waals surface area contributed by atoms with Crippen LogP contribution in [0.5, 0.6) is 0 Å². The van der Waals surface area contributed by atoms with Gasteiger partial charge in [0, 0.05) is 38.1 Å². The Labute approximate surface area is 114 Å². The highest BCUT2D eigenvalue weighted by molar-refractivity contribution is 5.82. The third kappa shape index (κ3) is 2.36. The van der Waals surface area contributed by atoms with E-state index in [0.29, 0.717) is 18.9 Å². The van der Waals surface area contributed by atoms with Crippen LogP contribution in [0.25, 0.3) is 0 Å². The first kappa shape index (κ1) is 12.9. The molecule has 2 amide bonds. The maximum atomic E-state index is 12.6. The minimum atomic E-state index is 0.123. The fraction of sp³-hybridized carbons (Fsp3) is 0.857. The van der Waals surface area contributed by atoms with E-state index in [-0.39, 0.29) is 23.9 Å². The lowest BCUT2D eigenvalue weighted by molar-refractivity contribution is -0.143. The molecule has 3 saturated heterocycles. The van der Waals surface area contributed by atoms with Gasteiger partial charge in [0.2, 0.25) is 11.8 Å². The van der Waals surface area contributed by atoms with E-state index in [1.54, 1.807) is 0 Å². The van der Waals surface area contributed by atoms with Crippen molar-refractivity contribution in [2.75, 3.05) is 26.2 Å². The van der Waals surface area contributed by atoms with Gasteiger partial charge >= 0.3 is 0 Å². The number of carbonyl (C=O) groups is 2. The molecule has 5 nitrogen and oxygen atoms in total. The van der Waals surface area contributed by atoms with E-state index in [4.69, 9.17) is 0 Å². The fourth-order valence-corrected chi connectivity index (χ4v) is 3.68. The van der Waals surface area contributed by atoms with Gasteiger partial charge in [0.15, 0.2) is 0 Å². The molecule has 3 atom stereocenters. The molecule has 19 heavy (non-hydrogen) atoms. The summed E-state index contributed by atoms with van der Waals surface area (Å²) < 4.78 is 0. The Morgan fingerprint density at radius 1 is 1.32 bits per heavy atom. The Bertz CT molecular complexity index is 385. The van der Waals surface area contributed by atoms with Crippen LogP contribution >= 0.6 is 0 Å². The monoisotopic (exact) mass is 265 g/mol. The predicted octanol–water partition coefficient (Wildman–Crippen LogP) is 0.208. The van der Waals surface area contributed by atoms with Crippen molar-refractivity contribution in [3.8, 4) is 0 Å². The summed E-state index contributed by atoms with van der Waals surface area (Å²) in [5, 5.41) is 3.39. The van der Waals surface area contributed by atoms with Crippen LogP contribution in [0.3, 0.4) is 0 Å². The van der Waals surface area contributed by atoms with Gasteiger partial charge in [-0.2, -0.15) is 0 Å². The summed E-state index contributed by atoms with van der Waals surface area (Å²) in [4.78, 5) is 28.2. The number of piperazine rings is 1. The van der Waals surface area contributed by atoms with Crippen molar-refractivity contribution < 1.29 is 9.59 Å². The molecule has 0 aliphatic carbocycles. The van der Waals surface area contributed by atoms with E-state index >= 15 is 0 Å². The summed E-state index contributed by atoms with van der Waals surface area (Å²) in [6, 6.07) is 0.557. The average Bonchev–Trinajstić information content (AvgIpc) is 2.80. The molecule has 0 aromatic carbocycles. The van der Waals surface area contributed by atoms with Gasteiger partial charge in [-0.3, -0.25) is 9.59 Å². The molecule has 0 aromatic heterocycles. The molecule has 0 saturated carbocycles. The number of nitrogens with zero attached hydrogens (tertiary/aromatic N) is 2. The number of amides is 2. The molecule has 3 aliphatic heterocycles. The number of piperidine rings is 1. The molecule has 3 unspecified atom stereocenters. The van der Waals surface area contributed by atoms with Crippen LogP contribution < -0.4 is 5.32 Å². The van der Waals surface area contributed by atoms with E-state index < -0.39 is 0 Å². The normalized spacial score (nSPS) is 35.4. The van der Waals surface area contributed by atoms with Crippen LogP contribution in [-0.4, -0.2) is 59.9 Å². The quantitative estimate of drug-likeness (QED) is 0.737. The molecule has 0 spiro atoms. The van der Waals surface area contributed by atoms with Gasteiger partial charge < -0.3 is 15.1 Å². The maximum Gasteiger partial charge on any atom is 0.227 e. The summed E-state index contributed by atoms with van der Waals surface area (Å²) in [6.07, 6.45) is 3.66. The molecule has 3 heterocycles.